The number of rotatable bonds is 5. The van der Waals surface area contributed by atoms with Gasteiger partial charge in [-0.05, 0) is 26.0 Å². The molecule has 0 saturated heterocycles. The maximum Gasteiger partial charge on any atom is 0.391 e. The van der Waals surface area contributed by atoms with Crippen LogP contribution in [-0.2, 0) is 0 Å². The predicted octanol–water partition coefficient (Wildman–Crippen LogP) is 3.24. The van der Waals surface area contributed by atoms with Crippen LogP contribution in [0.4, 0.5) is 19.0 Å². The summed E-state index contributed by atoms with van der Waals surface area (Å²) in [5, 5.41) is 5.21. The van der Waals surface area contributed by atoms with Crippen LogP contribution in [0.5, 0.6) is 0 Å². The molecule has 0 aliphatic rings. The van der Waals surface area contributed by atoms with E-state index in [4.69, 9.17) is 11.6 Å². The van der Waals surface area contributed by atoms with Crippen molar-refractivity contribution >= 4 is 23.3 Å². The van der Waals surface area contributed by atoms with E-state index in [2.05, 4.69) is 15.6 Å². The van der Waals surface area contributed by atoms with Crippen LogP contribution in [0.3, 0.4) is 0 Å². The van der Waals surface area contributed by atoms with Crippen LogP contribution in [0, 0.1) is 0 Å². The number of carbonyl (C=O) groups excluding carboxylic acids is 1. The fourth-order valence-electron chi connectivity index (χ4n) is 1.57. The van der Waals surface area contributed by atoms with Gasteiger partial charge >= 0.3 is 6.18 Å². The van der Waals surface area contributed by atoms with E-state index >= 15 is 0 Å². The minimum atomic E-state index is -4.34. The van der Waals surface area contributed by atoms with Crippen molar-refractivity contribution in [2.45, 2.75) is 32.5 Å². The van der Waals surface area contributed by atoms with Gasteiger partial charge in [0, 0.05) is 12.6 Å². The Morgan fingerprint density at radius 3 is 2.65 bits per heavy atom. The van der Waals surface area contributed by atoms with Gasteiger partial charge in [-0.25, -0.2) is 4.98 Å². The molecule has 1 atom stereocenters. The normalized spacial score (nSPS) is 12.9. The largest absolute Gasteiger partial charge is 0.391 e. The van der Waals surface area contributed by atoms with Gasteiger partial charge in [0.15, 0.2) is 0 Å². The van der Waals surface area contributed by atoms with Crippen LogP contribution in [0.2, 0.25) is 5.02 Å². The van der Waals surface area contributed by atoms with E-state index < -0.39 is 24.5 Å². The van der Waals surface area contributed by atoms with Gasteiger partial charge in [0.25, 0.3) is 5.91 Å². The third-order valence-electron chi connectivity index (χ3n) is 2.33. The molecular formula is C12H15ClF3N3O. The monoisotopic (exact) mass is 309 g/mol. The third-order valence-corrected chi connectivity index (χ3v) is 2.64. The molecule has 112 valence electrons. The van der Waals surface area contributed by atoms with Gasteiger partial charge in [-0.2, -0.15) is 13.2 Å². The van der Waals surface area contributed by atoms with E-state index in [1.54, 1.807) is 6.07 Å². The molecule has 1 amide bonds. The Bertz CT molecular complexity index is 480. The van der Waals surface area contributed by atoms with Gasteiger partial charge in [-0.15, -0.1) is 0 Å². The lowest BCUT2D eigenvalue weighted by Crippen LogP contribution is -2.36. The fraction of sp³-hybridized carbons (Fsp3) is 0.500. The lowest BCUT2D eigenvalue weighted by molar-refractivity contribution is -0.138. The molecule has 0 radical (unpaired) electrons. The van der Waals surface area contributed by atoms with Crippen molar-refractivity contribution in [2.24, 2.45) is 0 Å². The molecule has 4 nitrogen and oxygen atoms in total. The molecule has 1 aromatic rings. The van der Waals surface area contributed by atoms with Crippen LogP contribution in [0.1, 0.15) is 30.8 Å². The number of amides is 1. The number of pyridine rings is 1. The molecule has 20 heavy (non-hydrogen) atoms. The van der Waals surface area contributed by atoms with E-state index in [0.717, 1.165) is 0 Å². The molecule has 2 N–H and O–H groups in total. The Kier molecular flexibility index (Phi) is 5.62. The van der Waals surface area contributed by atoms with Crippen molar-refractivity contribution in [2.75, 3.05) is 11.9 Å². The maximum atomic E-state index is 12.2. The number of nitrogens with one attached hydrogen (secondary N) is 2. The van der Waals surface area contributed by atoms with Crippen molar-refractivity contribution in [1.29, 1.82) is 0 Å². The number of alkyl halides is 3. The Morgan fingerprint density at radius 2 is 2.10 bits per heavy atom. The van der Waals surface area contributed by atoms with Crippen molar-refractivity contribution in [1.82, 2.24) is 10.3 Å². The van der Waals surface area contributed by atoms with E-state index in [1.165, 1.54) is 13.0 Å². The topological polar surface area (TPSA) is 54.0 Å². The van der Waals surface area contributed by atoms with Crippen molar-refractivity contribution in [3.05, 3.63) is 22.8 Å². The number of aromatic nitrogens is 1. The van der Waals surface area contributed by atoms with Crippen molar-refractivity contribution in [3.8, 4) is 0 Å². The van der Waals surface area contributed by atoms with Gasteiger partial charge in [-0.1, -0.05) is 11.6 Å². The summed E-state index contributed by atoms with van der Waals surface area (Å²) < 4.78 is 36.6. The van der Waals surface area contributed by atoms with Crippen LogP contribution < -0.4 is 10.6 Å². The summed E-state index contributed by atoms with van der Waals surface area (Å²) in [5.74, 6) is -0.294. The van der Waals surface area contributed by atoms with E-state index in [1.807, 2.05) is 6.92 Å². The second-order valence-electron chi connectivity index (χ2n) is 4.25. The van der Waals surface area contributed by atoms with Gasteiger partial charge in [0.05, 0.1) is 11.4 Å². The summed E-state index contributed by atoms with van der Waals surface area (Å²) in [6.45, 7) is 3.72. The number of carbonyl (C=O) groups is 1. The molecule has 0 fully saturated rings. The highest BCUT2D eigenvalue weighted by Crippen LogP contribution is 2.22. The molecule has 1 unspecified atom stereocenters. The summed E-state index contributed by atoms with van der Waals surface area (Å²) in [6.07, 6.45) is -5.45. The average molecular weight is 310 g/mol. The molecule has 0 bridgehead atoms. The fourth-order valence-corrected chi connectivity index (χ4v) is 1.76. The zero-order valence-electron chi connectivity index (χ0n) is 11.0. The van der Waals surface area contributed by atoms with E-state index in [9.17, 15) is 18.0 Å². The first-order valence-corrected chi connectivity index (χ1v) is 6.38. The highest BCUT2D eigenvalue weighted by molar-refractivity contribution is 6.33. The van der Waals surface area contributed by atoms with Gasteiger partial charge in [0.1, 0.15) is 11.5 Å². The average Bonchev–Trinajstić information content (AvgIpc) is 2.29. The zero-order chi connectivity index (χ0) is 15.3. The molecule has 0 saturated carbocycles. The lowest BCUT2D eigenvalue weighted by atomic mass is 10.2. The standard InChI is InChI=1S/C12H15ClF3N3O/c1-3-17-9-5-4-8(13)10(19-9)11(20)18-7(2)6-12(14,15)16/h4-5,7H,3,6H2,1-2H3,(H,17,19)(H,18,20). The van der Waals surface area contributed by atoms with Crippen molar-refractivity contribution in [3.63, 3.8) is 0 Å². The lowest BCUT2D eigenvalue weighted by Gasteiger charge is -2.16. The zero-order valence-corrected chi connectivity index (χ0v) is 11.8. The second kappa shape index (κ2) is 6.78. The molecule has 1 rings (SSSR count). The maximum absolute atomic E-state index is 12.2. The number of hydrogen-bond donors (Lipinski definition) is 2. The number of nitrogens with zero attached hydrogens (tertiary/aromatic N) is 1. The quantitative estimate of drug-likeness (QED) is 0.878. The number of hydrogen-bond acceptors (Lipinski definition) is 3. The molecule has 1 aromatic heterocycles. The van der Waals surface area contributed by atoms with Crippen molar-refractivity contribution < 1.29 is 18.0 Å². The van der Waals surface area contributed by atoms with Gasteiger partial charge < -0.3 is 10.6 Å². The van der Waals surface area contributed by atoms with Crippen LogP contribution in [0.15, 0.2) is 12.1 Å². The SMILES string of the molecule is CCNc1ccc(Cl)c(C(=O)NC(C)CC(F)(F)F)n1. The summed E-state index contributed by atoms with van der Waals surface area (Å²) in [7, 11) is 0. The van der Waals surface area contributed by atoms with Crippen LogP contribution in [-0.4, -0.2) is 29.7 Å². The third kappa shape index (κ3) is 5.24. The second-order valence-corrected chi connectivity index (χ2v) is 4.66. The Morgan fingerprint density at radius 1 is 1.45 bits per heavy atom. The molecular weight excluding hydrogens is 295 g/mol. The van der Waals surface area contributed by atoms with Crippen LogP contribution >= 0.6 is 11.6 Å². The van der Waals surface area contributed by atoms with E-state index in [-0.39, 0.29) is 10.7 Å². The summed E-state index contributed by atoms with van der Waals surface area (Å²) >= 11 is 5.83. The molecule has 0 spiro atoms. The summed E-state index contributed by atoms with van der Waals surface area (Å²) in [6, 6.07) is 2.00. The summed E-state index contributed by atoms with van der Waals surface area (Å²) in [4.78, 5) is 15.8. The van der Waals surface area contributed by atoms with Gasteiger partial charge in [-0.3, -0.25) is 4.79 Å². The predicted molar refractivity (Wildman–Crippen MR) is 71.0 cm³/mol. The molecule has 1 heterocycles. The van der Waals surface area contributed by atoms with Crippen LogP contribution in [0.25, 0.3) is 0 Å². The Balaban J connectivity index is 2.78. The summed E-state index contributed by atoms with van der Waals surface area (Å²) in [5.41, 5.74) is -0.0980. The smallest absolute Gasteiger partial charge is 0.370 e. The highest BCUT2D eigenvalue weighted by Gasteiger charge is 2.31. The minimum Gasteiger partial charge on any atom is -0.370 e. The first-order chi connectivity index (χ1) is 9.23. The molecule has 0 aliphatic heterocycles. The highest BCUT2D eigenvalue weighted by atomic mass is 35.5. The molecule has 0 aromatic carbocycles. The first kappa shape index (κ1) is 16.6. The Hall–Kier alpha value is -1.50. The van der Waals surface area contributed by atoms with E-state index in [0.29, 0.717) is 12.4 Å². The molecule has 0 aliphatic carbocycles. The number of anilines is 1. The van der Waals surface area contributed by atoms with Gasteiger partial charge in [0.2, 0.25) is 0 Å². The number of halogens is 4. The Labute approximate surface area is 119 Å². The first-order valence-electron chi connectivity index (χ1n) is 6.01. The molecule has 8 heteroatoms. The minimum absolute atomic E-state index is 0.0864.